The van der Waals surface area contributed by atoms with E-state index in [0.717, 1.165) is 21.9 Å². The van der Waals surface area contributed by atoms with Crippen molar-refractivity contribution in [3.63, 3.8) is 0 Å². The highest BCUT2D eigenvalue weighted by atomic mass is 16.5. The van der Waals surface area contributed by atoms with Crippen LogP contribution in [-0.4, -0.2) is 170 Å². The first-order valence-corrected chi connectivity index (χ1v) is 30.0. The van der Waals surface area contributed by atoms with Crippen molar-refractivity contribution >= 4 is 63.9 Å². The number of nitrogens with zero attached hydrogens (tertiary/aromatic N) is 4. The Bertz CT molecular complexity index is 3150. The zero-order chi connectivity index (χ0) is 63.8. The smallest absolute Gasteiger partial charge is 0.330 e. The van der Waals surface area contributed by atoms with Gasteiger partial charge in [-0.15, -0.1) is 0 Å². The molecule has 2 aliphatic rings. The number of ketones is 1. The maximum atomic E-state index is 15.0. The molecule has 0 unspecified atom stereocenters. The van der Waals surface area contributed by atoms with Gasteiger partial charge in [0, 0.05) is 46.7 Å². The lowest BCUT2D eigenvalue weighted by molar-refractivity contribution is -0.165. The summed E-state index contributed by atoms with van der Waals surface area (Å²) in [5.74, 6) is -5.34. The summed E-state index contributed by atoms with van der Waals surface area (Å²) in [5.41, 5.74) is 0.811. The molecule has 2 bridgehead atoms. The van der Waals surface area contributed by atoms with Gasteiger partial charge in [0.2, 0.25) is 29.4 Å². The zero-order valence-electron chi connectivity index (χ0n) is 52.6. The summed E-state index contributed by atoms with van der Waals surface area (Å²) >= 11 is 0. The van der Waals surface area contributed by atoms with Crippen LogP contribution in [0.5, 0.6) is 11.5 Å². The molecule has 20 nitrogen and oxygen atoms in total. The number of hydrogen-bond acceptors (Lipinski definition) is 14. The second kappa shape index (κ2) is 31.0. The van der Waals surface area contributed by atoms with Crippen molar-refractivity contribution in [1.29, 1.82) is 0 Å². The summed E-state index contributed by atoms with van der Waals surface area (Å²) in [5, 5.41) is 7.64. The second-order valence-electron chi connectivity index (χ2n) is 24.3. The van der Waals surface area contributed by atoms with E-state index < -0.39 is 114 Å². The van der Waals surface area contributed by atoms with Gasteiger partial charge in [0.05, 0.1) is 24.7 Å². The van der Waals surface area contributed by atoms with Gasteiger partial charge in [-0.05, 0) is 145 Å². The molecule has 0 saturated carbocycles. The van der Waals surface area contributed by atoms with E-state index in [-0.39, 0.29) is 57.6 Å². The summed E-state index contributed by atoms with van der Waals surface area (Å²) < 4.78 is 29.7. The Morgan fingerprint density at radius 1 is 0.747 bits per heavy atom. The van der Waals surface area contributed by atoms with Gasteiger partial charge in [0.1, 0.15) is 54.4 Å². The van der Waals surface area contributed by atoms with Crippen LogP contribution in [0.3, 0.4) is 0 Å². The second-order valence-corrected chi connectivity index (χ2v) is 24.3. The number of carbonyl (C=O) groups excluding carboxylic acids is 9. The number of rotatable bonds is 10. The minimum atomic E-state index is -1.49. The minimum absolute atomic E-state index is 0.00380. The SMILES string of the molecule is CCC[C@@H]1NC(=O)[C@H](COC(C)(C)C)N(C)C(=O)[C@@H](Cc2ccc3ccccc3c2)NC(=O)[C@H](C)N(C)C(=O)COc2cccc(c2)[C@@H](CCc2ccc(C)c(OC)c2)OC(=O)[C@@H]2CCCCN2C(=O)C(=O)C(C)(C)COC(=O)C=CCCN(C)C1=O. The topological polar surface area (TPSA) is 237 Å². The molecule has 6 atom stereocenters. The Kier molecular flexibility index (Phi) is 24.2. The van der Waals surface area contributed by atoms with E-state index in [1.54, 1.807) is 59.2 Å². The minimum Gasteiger partial charge on any atom is -0.496 e. The summed E-state index contributed by atoms with van der Waals surface area (Å²) in [6.45, 7) is 12.7. The Hall–Kier alpha value is -8.13. The maximum Gasteiger partial charge on any atom is 0.330 e. The molecule has 6 rings (SSSR count). The number of benzene rings is 4. The highest BCUT2D eigenvalue weighted by Crippen LogP contribution is 2.32. The average molecular weight is 1200 g/mol. The first-order valence-electron chi connectivity index (χ1n) is 30.0. The van der Waals surface area contributed by atoms with Crippen LogP contribution in [0.25, 0.3) is 10.8 Å². The predicted octanol–water partition coefficient (Wildman–Crippen LogP) is 7.19. The van der Waals surface area contributed by atoms with Crippen LogP contribution in [0.1, 0.15) is 122 Å². The van der Waals surface area contributed by atoms with Crippen molar-refractivity contribution in [3.8, 4) is 11.5 Å². The first-order chi connectivity index (χ1) is 41.2. The number of esters is 2. The lowest BCUT2D eigenvalue weighted by Gasteiger charge is -2.36. The van der Waals surface area contributed by atoms with Crippen molar-refractivity contribution in [1.82, 2.24) is 30.2 Å². The molecule has 20 heteroatoms. The molecule has 0 spiro atoms. The molecule has 0 radical (unpaired) electrons. The van der Waals surface area contributed by atoms with Gasteiger partial charge >= 0.3 is 11.9 Å². The van der Waals surface area contributed by atoms with Gasteiger partial charge in [-0.2, -0.15) is 0 Å². The lowest BCUT2D eigenvalue weighted by Crippen LogP contribution is -2.60. The van der Waals surface area contributed by atoms with Crippen LogP contribution in [0.15, 0.2) is 97.1 Å². The molecular weight excluding hydrogens is 1110 g/mol. The number of fused-ring (bicyclic) bond motifs is 4. The molecular formula is C67H88N6O14. The van der Waals surface area contributed by atoms with Crippen molar-refractivity contribution in [2.75, 3.05) is 61.2 Å². The van der Waals surface area contributed by atoms with Crippen molar-refractivity contribution in [2.45, 2.75) is 155 Å². The molecule has 4 aromatic carbocycles. The number of Topliss-reactive ketones (excluding diaryl/α,β-unsaturated/α-hetero) is 1. The number of aryl methyl sites for hydroxylation is 2. The number of ether oxygens (including phenoxy) is 5. The molecule has 1 fully saturated rings. The maximum absolute atomic E-state index is 15.0. The highest BCUT2D eigenvalue weighted by molar-refractivity contribution is 6.38. The number of piperidine rings is 1. The summed E-state index contributed by atoms with van der Waals surface area (Å²) in [6, 6.07) is 20.1. The molecule has 87 heavy (non-hydrogen) atoms. The predicted molar refractivity (Wildman–Crippen MR) is 328 cm³/mol. The molecule has 0 aliphatic carbocycles. The van der Waals surface area contributed by atoms with E-state index in [2.05, 4.69) is 10.6 Å². The molecule has 4 aromatic rings. The fourth-order valence-electron chi connectivity index (χ4n) is 10.3. The van der Waals surface area contributed by atoms with E-state index in [1.807, 2.05) is 74.5 Å². The zero-order valence-corrected chi connectivity index (χ0v) is 52.6. The van der Waals surface area contributed by atoms with Gasteiger partial charge in [-0.1, -0.05) is 86.2 Å². The Labute approximate surface area is 511 Å². The monoisotopic (exact) mass is 1200 g/mol. The number of carbonyl (C=O) groups is 9. The number of methoxy groups -OCH3 is 1. The van der Waals surface area contributed by atoms with Crippen molar-refractivity contribution in [3.05, 3.63) is 119 Å². The molecule has 2 heterocycles. The summed E-state index contributed by atoms with van der Waals surface area (Å²) in [7, 11) is 6.03. The molecule has 1 saturated heterocycles. The standard InChI is InChI=1S/C67H88N6O14/c1-13-21-51-62(79)70(9)34-18-17-27-58(75)85-42-67(7,8)59(76)64(81)73-35-19-16-26-53(73)65(82)87-55(33-31-45-29-28-43(2)56(38-45)83-12)49-24-20-25-50(39-49)84-41-57(74)71(10)44(3)60(77)69-52(37-46-30-32-47-22-14-15-23-48(47)36-46)63(80)72(11)54(61(78)68-51)40-86-66(4,5)6/h14-15,17,20,22-25,27-30,32,36,38-39,44,51-55H,13,16,18-19,21,26,31,33-35,37,40-42H2,1-12H3,(H,68,78)(H,69,77)/t44-,51-,52+,53-,54-,55+/m0/s1. The summed E-state index contributed by atoms with van der Waals surface area (Å²) in [6.07, 6.45) is 4.77. The highest BCUT2D eigenvalue weighted by Gasteiger charge is 2.43. The van der Waals surface area contributed by atoms with Crippen LogP contribution in [-0.2, 0) is 70.2 Å². The summed E-state index contributed by atoms with van der Waals surface area (Å²) in [4.78, 5) is 133. The van der Waals surface area contributed by atoms with Gasteiger partial charge < -0.3 is 53.9 Å². The third-order valence-corrected chi connectivity index (χ3v) is 15.9. The molecule has 470 valence electrons. The van der Waals surface area contributed by atoms with Gasteiger partial charge in [-0.25, -0.2) is 9.59 Å². The van der Waals surface area contributed by atoms with E-state index in [0.29, 0.717) is 42.6 Å². The molecule has 0 aromatic heterocycles. The number of cyclic esters (lactones) is 2. The third-order valence-electron chi connectivity index (χ3n) is 15.9. The lowest BCUT2D eigenvalue weighted by atomic mass is 9.87. The fourth-order valence-corrected chi connectivity index (χ4v) is 10.3. The van der Waals surface area contributed by atoms with E-state index in [4.69, 9.17) is 23.7 Å². The Morgan fingerprint density at radius 2 is 1.46 bits per heavy atom. The molecule has 6 amide bonds. The molecule has 2 N–H and O–H groups in total. The third kappa shape index (κ3) is 18.9. The number of nitrogens with one attached hydrogen (secondary N) is 2. The van der Waals surface area contributed by atoms with Gasteiger partial charge in [0.25, 0.3) is 11.8 Å². The fraction of sp³-hybridized carbons (Fsp3) is 0.507. The van der Waals surface area contributed by atoms with Crippen LogP contribution in [0.2, 0.25) is 0 Å². The first kappa shape index (κ1) is 68.0. The van der Waals surface area contributed by atoms with Gasteiger partial charge in [0.15, 0.2) is 6.61 Å². The van der Waals surface area contributed by atoms with Crippen LogP contribution in [0.4, 0.5) is 0 Å². The van der Waals surface area contributed by atoms with E-state index >= 15 is 4.79 Å². The van der Waals surface area contributed by atoms with E-state index in [1.165, 1.54) is 66.6 Å². The van der Waals surface area contributed by atoms with Crippen LogP contribution >= 0.6 is 0 Å². The Morgan fingerprint density at radius 3 is 2.17 bits per heavy atom. The largest absolute Gasteiger partial charge is 0.496 e. The average Bonchev–Trinajstić information content (AvgIpc) is 1.93. The Balaban J connectivity index is 1.34. The number of likely N-dealkylation sites (N-methyl/N-ethyl adjacent to an activating group) is 3. The normalized spacial score (nSPS) is 22.6. The van der Waals surface area contributed by atoms with Crippen LogP contribution in [0, 0.1) is 12.3 Å². The number of hydrogen-bond donors (Lipinski definition) is 2. The molecule has 2 aliphatic heterocycles. The van der Waals surface area contributed by atoms with Crippen LogP contribution < -0.4 is 20.1 Å². The quantitative estimate of drug-likeness (QED) is 0.118. The van der Waals surface area contributed by atoms with Crippen molar-refractivity contribution in [2.24, 2.45) is 5.41 Å². The van der Waals surface area contributed by atoms with Crippen molar-refractivity contribution < 1.29 is 66.8 Å². The van der Waals surface area contributed by atoms with E-state index in [9.17, 15) is 38.4 Å². The van der Waals surface area contributed by atoms with Gasteiger partial charge in [-0.3, -0.25) is 33.6 Å². The number of amides is 6.